The average Bonchev–Trinajstić information content (AvgIpc) is 2.66. The molecule has 2 aromatic rings. The van der Waals surface area contributed by atoms with Gasteiger partial charge in [0.05, 0.1) is 0 Å². The van der Waals surface area contributed by atoms with Crippen LogP contribution in [0.4, 0.5) is 5.69 Å². The number of amides is 1. The number of hydrogen-bond acceptors (Lipinski definition) is 3. The minimum atomic E-state index is -0.390. The molecule has 0 spiro atoms. The van der Waals surface area contributed by atoms with Gasteiger partial charge < -0.3 is 10.6 Å². The van der Waals surface area contributed by atoms with Crippen LogP contribution in [0.25, 0.3) is 0 Å². The molecule has 0 aliphatic carbocycles. The fourth-order valence-corrected chi connectivity index (χ4v) is 2.60. The fourth-order valence-electron chi connectivity index (χ4n) is 2.60. The van der Waals surface area contributed by atoms with Gasteiger partial charge in [0.25, 0.3) is 5.91 Å². The zero-order chi connectivity index (χ0) is 18.1. The molecule has 2 N–H and O–H groups in total. The number of rotatable bonds is 7. The van der Waals surface area contributed by atoms with Gasteiger partial charge in [0, 0.05) is 18.4 Å². The first-order valence-corrected chi connectivity index (χ1v) is 8.49. The Morgan fingerprint density at radius 3 is 2.24 bits per heavy atom. The molecule has 0 saturated heterocycles. The van der Waals surface area contributed by atoms with Crippen LogP contribution in [0.5, 0.6) is 0 Å². The topological polar surface area (TPSA) is 64.9 Å². The van der Waals surface area contributed by atoms with Crippen molar-refractivity contribution in [3.63, 3.8) is 0 Å². The zero-order valence-corrected chi connectivity index (χ0v) is 14.7. The number of benzene rings is 2. The lowest BCUT2D eigenvalue weighted by atomic mass is 10.0. The first-order valence-electron chi connectivity index (χ1n) is 8.49. The van der Waals surface area contributed by atoms with Gasteiger partial charge in [-0.15, -0.1) is 0 Å². The van der Waals surface area contributed by atoms with Crippen LogP contribution in [0.15, 0.2) is 60.3 Å². The molecule has 0 unspecified atom stereocenters. The van der Waals surface area contributed by atoms with Crippen molar-refractivity contribution in [2.45, 2.75) is 33.2 Å². The molecule has 2 aromatic carbocycles. The molecular weight excluding hydrogens is 310 g/mol. The summed E-state index contributed by atoms with van der Waals surface area (Å²) in [7, 11) is 0. The molecule has 1 amide bonds. The highest BCUT2D eigenvalue weighted by Crippen LogP contribution is 2.23. The number of hydrogen-bond donors (Lipinski definition) is 2. The minimum absolute atomic E-state index is 0.0592. The highest BCUT2D eigenvalue weighted by molar-refractivity contribution is 6.07. The molecule has 0 saturated carbocycles. The van der Waals surface area contributed by atoms with Crippen LogP contribution in [0, 0.1) is 11.3 Å². The second kappa shape index (κ2) is 9.29. The number of carbonyl (C=O) groups excluding carboxylic acids is 1. The summed E-state index contributed by atoms with van der Waals surface area (Å²) in [6, 6.07) is 17.8. The Morgan fingerprint density at radius 2 is 1.68 bits per heavy atom. The number of carbonyl (C=O) groups is 1. The van der Waals surface area contributed by atoms with Crippen LogP contribution in [0.2, 0.25) is 0 Å². The second-order valence-electron chi connectivity index (χ2n) is 5.65. The zero-order valence-electron chi connectivity index (χ0n) is 14.7. The number of nitrogens with one attached hydrogen (secondary N) is 2. The summed E-state index contributed by atoms with van der Waals surface area (Å²) in [5.41, 5.74) is 4.11. The second-order valence-corrected chi connectivity index (χ2v) is 5.65. The van der Waals surface area contributed by atoms with E-state index in [4.69, 9.17) is 0 Å². The van der Waals surface area contributed by atoms with Crippen LogP contribution < -0.4 is 10.6 Å². The summed E-state index contributed by atoms with van der Waals surface area (Å²) in [5, 5.41) is 15.2. The summed E-state index contributed by atoms with van der Waals surface area (Å²) in [4.78, 5) is 12.5. The number of nitriles is 1. The van der Waals surface area contributed by atoms with E-state index in [0.717, 1.165) is 35.2 Å². The van der Waals surface area contributed by atoms with Gasteiger partial charge in [0.15, 0.2) is 0 Å². The lowest BCUT2D eigenvalue weighted by molar-refractivity contribution is -0.112. The lowest BCUT2D eigenvalue weighted by Crippen LogP contribution is -2.18. The third-order valence-corrected chi connectivity index (χ3v) is 4.00. The fraction of sp³-hybridized carbons (Fsp3) is 0.238. The van der Waals surface area contributed by atoms with Crippen molar-refractivity contribution in [3.05, 3.63) is 77.0 Å². The summed E-state index contributed by atoms with van der Waals surface area (Å²) in [6.07, 6.45) is 3.12. The lowest BCUT2D eigenvalue weighted by Gasteiger charge is -2.14. The summed E-state index contributed by atoms with van der Waals surface area (Å²) < 4.78 is 0. The molecule has 0 fully saturated rings. The maximum absolute atomic E-state index is 12.5. The molecule has 0 aliphatic rings. The standard InChI is InChI=1S/C21H23N3O/c1-3-17-11-8-12-18(4-2)20(17)24-21(25)19(13-22)15-23-14-16-9-6-5-7-10-16/h5-12,15,23H,3-4,14H2,1-2H3,(H,24,25)/b19-15-. The Labute approximate surface area is 149 Å². The third kappa shape index (κ3) is 4.95. The normalized spacial score (nSPS) is 10.8. The van der Waals surface area contributed by atoms with E-state index in [0.29, 0.717) is 6.54 Å². The first-order chi connectivity index (χ1) is 12.2. The molecule has 0 aliphatic heterocycles. The molecular formula is C21H23N3O. The van der Waals surface area contributed by atoms with Crippen molar-refractivity contribution in [1.82, 2.24) is 5.32 Å². The van der Waals surface area contributed by atoms with E-state index in [1.165, 1.54) is 6.20 Å². The van der Waals surface area contributed by atoms with Crippen molar-refractivity contribution in [2.75, 3.05) is 5.32 Å². The monoisotopic (exact) mass is 333 g/mol. The predicted octanol–water partition coefficient (Wildman–Crippen LogP) is 3.95. The highest BCUT2D eigenvalue weighted by Gasteiger charge is 2.13. The van der Waals surface area contributed by atoms with E-state index in [2.05, 4.69) is 10.6 Å². The van der Waals surface area contributed by atoms with E-state index in [-0.39, 0.29) is 5.57 Å². The largest absolute Gasteiger partial charge is 0.386 e. The third-order valence-electron chi connectivity index (χ3n) is 4.00. The van der Waals surface area contributed by atoms with E-state index in [1.807, 2.05) is 68.4 Å². The van der Waals surface area contributed by atoms with E-state index >= 15 is 0 Å². The Kier molecular flexibility index (Phi) is 6.79. The van der Waals surface area contributed by atoms with Crippen LogP contribution in [0.3, 0.4) is 0 Å². The molecule has 0 heterocycles. The van der Waals surface area contributed by atoms with Crippen molar-refractivity contribution >= 4 is 11.6 Å². The SMILES string of the molecule is CCc1cccc(CC)c1NC(=O)/C(C#N)=C\NCc1ccccc1. The van der Waals surface area contributed by atoms with E-state index < -0.39 is 5.91 Å². The first kappa shape index (κ1) is 18.3. The van der Waals surface area contributed by atoms with Crippen LogP contribution in [0.1, 0.15) is 30.5 Å². The number of aryl methyl sites for hydroxylation is 2. The molecule has 2 rings (SSSR count). The van der Waals surface area contributed by atoms with Gasteiger partial charge in [-0.25, -0.2) is 0 Å². The smallest absolute Gasteiger partial charge is 0.267 e. The summed E-state index contributed by atoms with van der Waals surface area (Å²) >= 11 is 0. The molecule has 4 heteroatoms. The van der Waals surface area contributed by atoms with Crippen molar-refractivity contribution in [3.8, 4) is 6.07 Å². The van der Waals surface area contributed by atoms with E-state index in [9.17, 15) is 10.1 Å². The van der Waals surface area contributed by atoms with Crippen molar-refractivity contribution < 1.29 is 4.79 Å². The van der Waals surface area contributed by atoms with Gasteiger partial charge in [0.2, 0.25) is 0 Å². The summed E-state index contributed by atoms with van der Waals surface area (Å²) in [5.74, 6) is -0.390. The molecule has 0 aromatic heterocycles. The molecule has 0 bridgehead atoms. The molecule has 25 heavy (non-hydrogen) atoms. The van der Waals surface area contributed by atoms with Crippen molar-refractivity contribution in [1.29, 1.82) is 5.26 Å². The van der Waals surface area contributed by atoms with Gasteiger partial charge in [-0.2, -0.15) is 5.26 Å². The Bertz CT molecular complexity index is 766. The van der Waals surface area contributed by atoms with Gasteiger partial charge >= 0.3 is 0 Å². The molecule has 4 nitrogen and oxygen atoms in total. The Morgan fingerprint density at radius 1 is 1.04 bits per heavy atom. The minimum Gasteiger partial charge on any atom is -0.386 e. The molecule has 128 valence electrons. The number of nitrogens with zero attached hydrogens (tertiary/aromatic N) is 1. The highest BCUT2D eigenvalue weighted by atomic mass is 16.1. The van der Waals surface area contributed by atoms with Crippen molar-refractivity contribution in [2.24, 2.45) is 0 Å². The average molecular weight is 333 g/mol. The maximum atomic E-state index is 12.5. The molecule has 0 radical (unpaired) electrons. The van der Waals surface area contributed by atoms with Crippen LogP contribution >= 0.6 is 0 Å². The maximum Gasteiger partial charge on any atom is 0.267 e. The molecule has 0 atom stereocenters. The number of anilines is 1. The Hall–Kier alpha value is -3.06. The van der Waals surface area contributed by atoms with Gasteiger partial charge in [-0.1, -0.05) is 62.4 Å². The summed E-state index contributed by atoms with van der Waals surface area (Å²) in [6.45, 7) is 4.66. The van der Waals surface area contributed by atoms with Gasteiger partial charge in [-0.3, -0.25) is 4.79 Å². The quantitative estimate of drug-likeness (QED) is 0.596. The Balaban J connectivity index is 2.10. The van der Waals surface area contributed by atoms with E-state index in [1.54, 1.807) is 0 Å². The predicted molar refractivity (Wildman–Crippen MR) is 101 cm³/mol. The van der Waals surface area contributed by atoms with Crippen LogP contribution in [-0.4, -0.2) is 5.91 Å². The van der Waals surface area contributed by atoms with Gasteiger partial charge in [0.1, 0.15) is 11.6 Å². The van der Waals surface area contributed by atoms with Gasteiger partial charge in [-0.05, 0) is 29.5 Å². The van der Waals surface area contributed by atoms with Crippen LogP contribution in [-0.2, 0) is 24.2 Å². The number of para-hydroxylation sites is 1.